The second-order valence-corrected chi connectivity index (χ2v) is 4.93. The molecule has 23 heavy (non-hydrogen) atoms. The number of aliphatic carboxylic acids is 1. The van der Waals surface area contributed by atoms with Gasteiger partial charge in [-0.1, -0.05) is 35.9 Å². The van der Waals surface area contributed by atoms with Gasteiger partial charge in [-0.05, 0) is 23.8 Å². The lowest BCUT2D eigenvalue weighted by molar-refractivity contribution is -0.274. The maximum Gasteiger partial charge on any atom is 0.573 e. The topological polar surface area (TPSA) is 66.8 Å². The second-order valence-electron chi connectivity index (χ2n) is 4.52. The summed E-state index contributed by atoms with van der Waals surface area (Å²) in [6, 6.07) is 9.28. The number of para-hydroxylation sites is 1. The van der Waals surface area contributed by atoms with Crippen LogP contribution in [0.2, 0.25) is 5.02 Å². The Morgan fingerprint density at radius 1 is 1.17 bits per heavy atom. The number of carboxylic acids is 1. The summed E-state index contributed by atoms with van der Waals surface area (Å²) in [6.07, 6.45) is -6.76. The molecule has 0 bridgehead atoms. The first-order chi connectivity index (χ1) is 10.7. The molecule has 4 nitrogen and oxygen atoms in total. The number of hydrogen-bond acceptors (Lipinski definition) is 3. The molecular formula is C15H10ClF3O4. The lowest BCUT2D eigenvalue weighted by Crippen LogP contribution is -2.17. The zero-order valence-corrected chi connectivity index (χ0v) is 12.1. The Morgan fingerprint density at radius 2 is 1.83 bits per heavy atom. The van der Waals surface area contributed by atoms with Crippen LogP contribution < -0.4 is 4.74 Å². The summed E-state index contributed by atoms with van der Waals surface area (Å²) in [5, 5.41) is 18.4. The quantitative estimate of drug-likeness (QED) is 0.877. The van der Waals surface area contributed by atoms with E-state index in [0.29, 0.717) is 0 Å². The Bertz CT molecular complexity index is 731. The van der Waals surface area contributed by atoms with Crippen LogP contribution in [0.4, 0.5) is 13.2 Å². The van der Waals surface area contributed by atoms with Crippen LogP contribution >= 0.6 is 11.6 Å². The number of aliphatic hydroxyl groups excluding tert-OH is 1. The molecule has 0 heterocycles. The Labute approximate surface area is 133 Å². The van der Waals surface area contributed by atoms with Gasteiger partial charge in [0.1, 0.15) is 5.75 Å². The average Bonchev–Trinajstić information content (AvgIpc) is 2.46. The maximum atomic E-state index is 12.5. The summed E-state index contributed by atoms with van der Waals surface area (Å²) in [5.41, 5.74) is 0.184. The highest BCUT2D eigenvalue weighted by molar-refractivity contribution is 6.31. The van der Waals surface area contributed by atoms with E-state index in [1.165, 1.54) is 36.4 Å². The highest BCUT2D eigenvalue weighted by Gasteiger charge is 2.32. The van der Waals surface area contributed by atoms with Gasteiger partial charge >= 0.3 is 12.3 Å². The van der Waals surface area contributed by atoms with Gasteiger partial charge in [0.05, 0.1) is 0 Å². The minimum absolute atomic E-state index is 0.0159. The Hall–Kier alpha value is -2.25. The molecule has 0 saturated carbocycles. The molecule has 2 aromatic rings. The van der Waals surface area contributed by atoms with E-state index in [2.05, 4.69) is 4.74 Å². The van der Waals surface area contributed by atoms with Gasteiger partial charge in [-0.3, -0.25) is 0 Å². The number of benzene rings is 2. The van der Waals surface area contributed by atoms with Crippen molar-refractivity contribution >= 4 is 17.6 Å². The normalized spacial score (nSPS) is 12.7. The highest BCUT2D eigenvalue weighted by Crippen LogP contribution is 2.36. The van der Waals surface area contributed by atoms with Gasteiger partial charge in [0.25, 0.3) is 0 Å². The Morgan fingerprint density at radius 3 is 2.43 bits per heavy atom. The molecule has 1 unspecified atom stereocenters. The summed E-state index contributed by atoms with van der Waals surface area (Å²) in [7, 11) is 0. The van der Waals surface area contributed by atoms with Crippen molar-refractivity contribution in [1.29, 1.82) is 0 Å². The van der Waals surface area contributed by atoms with Crippen LogP contribution in [0.3, 0.4) is 0 Å². The van der Waals surface area contributed by atoms with Crippen molar-refractivity contribution in [3.05, 3.63) is 53.1 Å². The first kappa shape index (κ1) is 17.1. The lowest BCUT2D eigenvalue weighted by Gasteiger charge is -2.15. The number of ether oxygens (including phenoxy) is 1. The van der Waals surface area contributed by atoms with Crippen molar-refractivity contribution in [2.45, 2.75) is 12.5 Å². The third kappa shape index (κ3) is 4.14. The molecule has 1 atom stereocenters. The molecule has 0 aliphatic rings. The SMILES string of the molecule is O=C(O)C(O)c1cc(-c2ccccc2OC(F)(F)F)ccc1Cl. The van der Waals surface area contributed by atoms with Gasteiger partial charge in [-0.2, -0.15) is 0 Å². The standard InChI is InChI=1S/C15H10ClF3O4/c16-11-6-5-8(7-10(11)13(20)14(21)22)9-3-1-2-4-12(9)23-15(17,18)19/h1-7,13,20H,(H,21,22). The fourth-order valence-corrected chi connectivity index (χ4v) is 2.19. The molecule has 0 fully saturated rings. The number of alkyl halides is 3. The van der Waals surface area contributed by atoms with E-state index in [9.17, 15) is 23.1 Å². The number of halogens is 4. The number of rotatable bonds is 4. The largest absolute Gasteiger partial charge is 0.573 e. The first-order valence-corrected chi connectivity index (χ1v) is 6.62. The first-order valence-electron chi connectivity index (χ1n) is 6.24. The van der Waals surface area contributed by atoms with Crippen molar-refractivity contribution < 1.29 is 32.9 Å². The minimum Gasteiger partial charge on any atom is -0.479 e. The molecule has 0 saturated heterocycles. The summed E-state index contributed by atoms with van der Waals surface area (Å²) in [4.78, 5) is 10.9. The second kappa shape index (κ2) is 6.47. The van der Waals surface area contributed by atoms with Crippen LogP contribution in [0.25, 0.3) is 11.1 Å². The van der Waals surface area contributed by atoms with Crippen LogP contribution in [0.5, 0.6) is 5.75 Å². The van der Waals surface area contributed by atoms with Crippen molar-refractivity contribution in [1.82, 2.24) is 0 Å². The zero-order valence-electron chi connectivity index (χ0n) is 11.3. The zero-order chi connectivity index (χ0) is 17.2. The van der Waals surface area contributed by atoms with E-state index < -0.39 is 24.2 Å². The van der Waals surface area contributed by atoms with Crippen molar-refractivity contribution in [2.24, 2.45) is 0 Å². The van der Waals surface area contributed by atoms with E-state index in [1.807, 2.05) is 0 Å². The summed E-state index contributed by atoms with van der Waals surface area (Å²) in [6.45, 7) is 0. The number of hydrogen-bond donors (Lipinski definition) is 2. The van der Waals surface area contributed by atoms with Crippen LogP contribution in [-0.4, -0.2) is 22.5 Å². The summed E-state index contributed by atoms with van der Waals surface area (Å²) in [5.74, 6) is -1.97. The van der Waals surface area contributed by atoms with E-state index in [-0.39, 0.29) is 21.7 Å². The average molecular weight is 347 g/mol. The predicted octanol–water partition coefficient (Wildman–Crippen LogP) is 4.02. The van der Waals surface area contributed by atoms with Crippen molar-refractivity contribution in [3.8, 4) is 16.9 Å². The molecule has 2 rings (SSSR count). The van der Waals surface area contributed by atoms with Gasteiger partial charge in [0.15, 0.2) is 6.10 Å². The molecule has 2 aromatic carbocycles. The predicted molar refractivity (Wildman–Crippen MR) is 76.2 cm³/mol. The van der Waals surface area contributed by atoms with E-state index in [4.69, 9.17) is 16.7 Å². The molecule has 0 aliphatic carbocycles. The Balaban J connectivity index is 2.51. The maximum absolute atomic E-state index is 12.5. The number of carboxylic acid groups (broad SMARTS) is 1. The molecule has 8 heteroatoms. The lowest BCUT2D eigenvalue weighted by atomic mass is 10.00. The molecular weight excluding hydrogens is 337 g/mol. The fourth-order valence-electron chi connectivity index (χ4n) is 1.97. The van der Waals surface area contributed by atoms with Crippen LogP contribution in [0.15, 0.2) is 42.5 Å². The monoisotopic (exact) mass is 346 g/mol. The van der Waals surface area contributed by atoms with Crippen LogP contribution in [0, 0.1) is 0 Å². The van der Waals surface area contributed by atoms with Gasteiger partial charge in [0, 0.05) is 16.1 Å². The molecule has 2 N–H and O–H groups in total. The Kier molecular flexibility index (Phi) is 4.82. The fraction of sp³-hybridized carbons (Fsp3) is 0.133. The molecule has 0 spiro atoms. The van der Waals surface area contributed by atoms with Gasteiger partial charge in [0.2, 0.25) is 0 Å². The van der Waals surface area contributed by atoms with Gasteiger partial charge < -0.3 is 14.9 Å². The van der Waals surface area contributed by atoms with E-state index in [1.54, 1.807) is 0 Å². The molecule has 122 valence electrons. The molecule has 0 radical (unpaired) electrons. The molecule has 0 aromatic heterocycles. The molecule has 0 amide bonds. The summed E-state index contributed by atoms with van der Waals surface area (Å²) < 4.78 is 41.3. The van der Waals surface area contributed by atoms with Crippen molar-refractivity contribution in [3.63, 3.8) is 0 Å². The van der Waals surface area contributed by atoms with Gasteiger partial charge in [-0.25, -0.2) is 4.79 Å². The highest BCUT2D eigenvalue weighted by atomic mass is 35.5. The summed E-state index contributed by atoms with van der Waals surface area (Å²) >= 11 is 5.83. The third-order valence-electron chi connectivity index (χ3n) is 2.95. The van der Waals surface area contributed by atoms with Crippen molar-refractivity contribution in [2.75, 3.05) is 0 Å². The van der Waals surface area contributed by atoms with E-state index >= 15 is 0 Å². The minimum atomic E-state index is -4.87. The smallest absolute Gasteiger partial charge is 0.479 e. The third-order valence-corrected chi connectivity index (χ3v) is 3.29. The molecule has 0 aliphatic heterocycles. The van der Waals surface area contributed by atoms with E-state index in [0.717, 1.165) is 6.07 Å². The van der Waals surface area contributed by atoms with Gasteiger partial charge in [-0.15, -0.1) is 13.2 Å². The van der Waals surface area contributed by atoms with Crippen LogP contribution in [0.1, 0.15) is 11.7 Å². The number of carbonyl (C=O) groups is 1. The number of aliphatic hydroxyl groups is 1. The van der Waals surface area contributed by atoms with Crippen LogP contribution in [-0.2, 0) is 4.79 Å².